The third-order valence-corrected chi connectivity index (χ3v) is 3.98. The second-order valence-corrected chi connectivity index (χ2v) is 5.62. The maximum Gasteiger partial charge on any atom is 0.250 e. The van der Waals surface area contributed by atoms with Crippen molar-refractivity contribution in [3.8, 4) is 0 Å². The zero-order valence-corrected chi connectivity index (χ0v) is 12.8. The number of carbonyl (C=O) groups is 2. The van der Waals surface area contributed by atoms with Crippen molar-refractivity contribution in [2.24, 2.45) is 0 Å². The van der Waals surface area contributed by atoms with Crippen LogP contribution in [-0.4, -0.2) is 23.9 Å². The fraction of sp³-hybridized carbons (Fsp3) is 0.429. The molecule has 0 spiro atoms. The first-order chi connectivity index (χ1) is 9.47. The molecule has 0 aliphatic carbocycles. The van der Waals surface area contributed by atoms with Crippen LogP contribution in [0.15, 0.2) is 18.2 Å². The van der Waals surface area contributed by atoms with Crippen LogP contribution in [-0.2, 0) is 9.59 Å². The summed E-state index contributed by atoms with van der Waals surface area (Å²) in [5.74, 6) is -0.368. The highest BCUT2D eigenvalue weighted by Crippen LogP contribution is 2.36. The normalized spacial score (nSPS) is 22.9. The summed E-state index contributed by atoms with van der Waals surface area (Å²) in [6, 6.07) is 3.87. The van der Waals surface area contributed by atoms with E-state index in [9.17, 15) is 9.59 Å². The highest BCUT2D eigenvalue weighted by molar-refractivity contribution is 6.40. The minimum Gasteiger partial charge on any atom is -0.342 e. The molecule has 0 radical (unpaired) electrons. The largest absolute Gasteiger partial charge is 0.342 e. The molecule has 0 saturated carbocycles. The predicted octanol–water partition coefficient (Wildman–Crippen LogP) is 3.01. The van der Waals surface area contributed by atoms with Gasteiger partial charge in [-0.05, 0) is 25.5 Å². The Hall–Kier alpha value is -1.26. The van der Waals surface area contributed by atoms with Crippen LogP contribution in [0.2, 0.25) is 10.0 Å². The number of carbonyl (C=O) groups excluding carboxylic acids is 2. The van der Waals surface area contributed by atoms with Crippen LogP contribution in [0.25, 0.3) is 0 Å². The molecular weight excluding hydrogens is 299 g/mol. The van der Waals surface area contributed by atoms with Gasteiger partial charge in [-0.25, -0.2) is 0 Å². The number of nitrogens with zero attached hydrogens (tertiary/aromatic N) is 1. The third kappa shape index (κ3) is 2.63. The van der Waals surface area contributed by atoms with Gasteiger partial charge in [0.25, 0.3) is 0 Å². The molecule has 6 heteroatoms. The quantitative estimate of drug-likeness (QED) is 0.932. The van der Waals surface area contributed by atoms with E-state index >= 15 is 0 Å². The average molecular weight is 315 g/mol. The SMILES string of the molecule is CCCC1NC(=O)C(C)N(c2c(Cl)cccc2Cl)C1=O. The third-order valence-electron chi connectivity index (χ3n) is 3.37. The Bertz CT molecular complexity index is 528. The highest BCUT2D eigenvalue weighted by atomic mass is 35.5. The number of nitrogens with one attached hydrogen (secondary N) is 1. The van der Waals surface area contributed by atoms with Gasteiger partial charge >= 0.3 is 0 Å². The monoisotopic (exact) mass is 314 g/mol. The lowest BCUT2D eigenvalue weighted by atomic mass is 10.0. The highest BCUT2D eigenvalue weighted by Gasteiger charge is 2.39. The summed E-state index contributed by atoms with van der Waals surface area (Å²) in [5.41, 5.74) is 0.407. The Balaban J connectivity index is 2.46. The number of halogens is 2. The summed E-state index contributed by atoms with van der Waals surface area (Å²) in [4.78, 5) is 26.0. The summed E-state index contributed by atoms with van der Waals surface area (Å²) < 4.78 is 0. The number of rotatable bonds is 3. The molecule has 2 rings (SSSR count). The van der Waals surface area contributed by atoms with Crippen molar-refractivity contribution in [1.82, 2.24) is 5.32 Å². The zero-order valence-electron chi connectivity index (χ0n) is 11.3. The van der Waals surface area contributed by atoms with Crippen LogP contribution in [0.1, 0.15) is 26.7 Å². The molecule has 0 aromatic heterocycles. The number of amides is 2. The van der Waals surface area contributed by atoms with Crippen LogP contribution in [0.5, 0.6) is 0 Å². The topological polar surface area (TPSA) is 49.4 Å². The van der Waals surface area contributed by atoms with Crippen LogP contribution in [0.4, 0.5) is 5.69 Å². The van der Waals surface area contributed by atoms with Gasteiger partial charge in [-0.15, -0.1) is 0 Å². The standard InChI is InChI=1S/C14H16Cl2N2O2/c1-3-5-11-14(20)18(8(2)13(19)17-11)12-9(15)6-4-7-10(12)16/h4,6-8,11H,3,5H2,1-2H3,(H,17,19). The molecule has 4 nitrogen and oxygen atoms in total. The molecule has 1 saturated heterocycles. The van der Waals surface area contributed by atoms with Gasteiger partial charge in [-0.1, -0.05) is 42.6 Å². The van der Waals surface area contributed by atoms with Crippen LogP contribution in [0.3, 0.4) is 0 Å². The molecule has 1 fully saturated rings. The summed E-state index contributed by atoms with van der Waals surface area (Å²) in [5, 5.41) is 3.47. The van der Waals surface area contributed by atoms with Gasteiger partial charge in [0, 0.05) is 0 Å². The van der Waals surface area contributed by atoms with Gasteiger partial charge in [0.1, 0.15) is 12.1 Å². The van der Waals surface area contributed by atoms with Crippen LogP contribution >= 0.6 is 23.2 Å². The molecule has 20 heavy (non-hydrogen) atoms. The fourth-order valence-corrected chi connectivity index (χ4v) is 2.92. The van der Waals surface area contributed by atoms with E-state index in [1.807, 2.05) is 6.92 Å². The van der Waals surface area contributed by atoms with Gasteiger partial charge in [-0.2, -0.15) is 0 Å². The molecule has 108 valence electrons. The van der Waals surface area contributed by atoms with Crippen molar-refractivity contribution in [1.29, 1.82) is 0 Å². The Morgan fingerprint density at radius 1 is 1.25 bits per heavy atom. The van der Waals surface area contributed by atoms with Crippen molar-refractivity contribution < 1.29 is 9.59 Å². The lowest BCUT2D eigenvalue weighted by molar-refractivity contribution is -0.133. The predicted molar refractivity (Wildman–Crippen MR) is 80.2 cm³/mol. The lowest BCUT2D eigenvalue weighted by Crippen LogP contribution is -2.62. The molecule has 1 aromatic rings. The van der Waals surface area contributed by atoms with E-state index < -0.39 is 12.1 Å². The van der Waals surface area contributed by atoms with Crippen molar-refractivity contribution >= 4 is 40.7 Å². The van der Waals surface area contributed by atoms with E-state index in [4.69, 9.17) is 23.2 Å². The molecular formula is C14H16Cl2N2O2. The maximum absolute atomic E-state index is 12.6. The summed E-state index contributed by atoms with van der Waals surface area (Å²) in [6.07, 6.45) is 1.39. The van der Waals surface area contributed by atoms with E-state index in [1.165, 1.54) is 4.90 Å². The zero-order chi connectivity index (χ0) is 14.9. The smallest absolute Gasteiger partial charge is 0.250 e. The molecule has 1 aromatic carbocycles. The summed E-state index contributed by atoms with van der Waals surface area (Å²) in [6.45, 7) is 3.62. The van der Waals surface area contributed by atoms with Gasteiger partial charge in [0.15, 0.2) is 0 Å². The van der Waals surface area contributed by atoms with Crippen molar-refractivity contribution in [3.05, 3.63) is 28.2 Å². The Labute approximate surface area is 128 Å². The van der Waals surface area contributed by atoms with E-state index in [1.54, 1.807) is 25.1 Å². The molecule has 1 aliphatic rings. The lowest BCUT2D eigenvalue weighted by Gasteiger charge is -2.38. The van der Waals surface area contributed by atoms with Gasteiger partial charge in [0.2, 0.25) is 11.8 Å². The number of hydrogen-bond donors (Lipinski definition) is 1. The first-order valence-corrected chi connectivity index (χ1v) is 7.30. The van der Waals surface area contributed by atoms with Crippen molar-refractivity contribution in [2.75, 3.05) is 4.90 Å². The van der Waals surface area contributed by atoms with E-state index in [2.05, 4.69) is 5.32 Å². The molecule has 1 aliphatic heterocycles. The number of piperazine rings is 1. The molecule has 2 unspecified atom stereocenters. The Kier molecular flexibility index (Phi) is 4.55. The Morgan fingerprint density at radius 2 is 1.85 bits per heavy atom. The summed E-state index contributed by atoms with van der Waals surface area (Å²) >= 11 is 12.3. The number of anilines is 1. The molecule has 1 N–H and O–H groups in total. The first-order valence-electron chi connectivity index (χ1n) is 6.54. The number of para-hydroxylation sites is 1. The number of hydrogen-bond acceptors (Lipinski definition) is 2. The number of benzene rings is 1. The van der Waals surface area contributed by atoms with Crippen molar-refractivity contribution in [3.63, 3.8) is 0 Å². The van der Waals surface area contributed by atoms with Gasteiger partial charge < -0.3 is 5.32 Å². The Morgan fingerprint density at radius 3 is 2.40 bits per heavy atom. The minimum atomic E-state index is -0.631. The second-order valence-electron chi connectivity index (χ2n) is 4.80. The van der Waals surface area contributed by atoms with E-state index in [0.29, 0.717) is 22.2 Å². The maximum atomic E-state index is 12.6. The van der Waals surface area contributed by atoms with Crippen LogP contribution < -0.4 is 10.2 Å². The summed E-state index contributed by atoms with van der Waals surface area (Å²) in [7, 11) is 0. The van der Waals surface area contributed by atoms with Crippen molar-refractivity contribution in [2.45, 2.75) is 38.8 Å². The van der Waals surface area contributed by atoms with E-state index in [-0.39, 0.29) is 11.8 Å². The van der Waals surface area contributed by atoms with Crippen LogP contribution in [0, 0.1) is 0 Å². The first kappa shape index (κ1) is 15.1. The molecule has 0 bridgehead atoms. The van der Waals surface area contributed by atoms with Gasteiger partial charge in [0.05, 0.1) is 15.7 Å². The second kappa shape index (κ2) is 6.02. The van der Waals surface area contributed by atoms with E-state index in [0.717, 1.165) is 6.42 Å². The minimum absolute atomic E-state index is 0.172. The fourth-order valence-electron chi connectivity index (χ4n) is 2.34. The average Bonchev–Trinajstić information content (AvgIpc) is 2.39. The van der Waals surface area contributed by atoms with Gasteiger partial charge in [-0.3, -0.25) is 14.5 Å². The molecule has 1 heterocycles. The molecule has 2 amide bonds. The molecule has 2 atom stereocenters.